The van der Waals surface area contributed by atoms with Gasteiger partial charge in [0, 0.05) is 11.8 Å². The Kier molecular flexibility index (Phi) is 2.39. The fraction of sp³-hybridized carbons (Fsp3) is 0.167. The van der Waals surface area contributed by atoms with E-state index >= 15 is 0 Å². The van der Waals surface area contributed by atoms with E-state index in [4.69, 9.17) is 5.73 Å². The van der Waals surface area contributed by atoms with E-state index in [1.54, 1.807) is 0 Å². The number of rotatable bonds is 2. The van der Waals surface area contributed by atoms with Crippen molar-refractivity contribution in [1.29, 1.82) is 0 Å². The Morgan fingerprint density at radius 1 is 1.58 bits per heavy atom. The molecule has 0 aliphatic heterocycles. The van der Waals surface area contributed by atoms with E-state index in [-0.39, 0.29) is 16.8 Å². The lowest BCUT2D eigenvalue weighted by Gasteiger charge is -1.95. The van der Waals surface area contributed by atoms with Gasteiger partial charge in [0.2, 0.25) is 5.91 Å². The summed E-state index contributed by atoms with van der Waals surface area (Å²) >= 11 is 4.68. The van der Waals surface area contributed by atoms with Crippen LogP contribution in [0.5, 0.6) is 0 Å². The summed E-state index contributed by atoms with van der Waals surface area (Å²) in [4.78, 5) is 26.2. The van der Waals surface area contributed by atoms with Crippen LogP contribution in [0.1, 0.15) is 5.69 Å². The molecule has 0 aromatic carbocycles. The van der Waals surface area contributed by atoms with Crippen LogP contribution in [0.15, 0.2) is 10.9 Å². The molecule has 0 unspecified atom stereocenters. The van der Waals surface area contributed by atoms with Crippen LogP contribution in [-0.2, 0) is 11.2 Å². The summed E-state index contributed by atoms with van der Waals surface area (Å²) in [5.41, 5.74) is 5.01. The number of primary amides is 1. The molecule has 6 heteroatoms. The largest absolute Gasteiger partial charge is 0.369 e. The van der Waals surface area contributed by atoms with Crippen LogP contribution >= 0.6 is 12.2 Å². The summed E-state index contributed by atoms with van der Waals surface area (Å²) < 4.78 is 0.193. The molecule has 12 heavy (non-hydrogen) atoms. The molecule has 0 saturated carbocycles. The first-order valence-corrected chi connectivity index (χ1v) is 3.59. The molecule has 64 valence electrons. The summed E-state index contributed by atoms with van der Waals surface area (Å²) in [6.45, 7) is 0. The molecule has 0 bridgehead atoms. The van der Waals surface area contributed by atoms with Gasteiger partial charge in [-0.05, 0) is 12.2 Å². The van der Waals surface area contributed by atoms with Gasteiger partial charge in [0.1, 0.15) is 0 Å². The zero-order valence-corrected chi connectivity index (χ0v) is 6.90. The lowest BCUT2D eigenvalue weighted by Crippen LogP contribution is -2.17. The molecule has 0 radical (unpaired) electrons. The molecule has 0 saturated heterocycles. The summed E-state index contributed by atoms with van der Waals surface area (Å²) in [5, 5.41) is 0. The van der Waals surface area contributed by atoms with Gasteiger partial charge in [-0.3, -0.25) is 14.6 Å². The molecule has 4 N–H and O–H groups in total. The number of carbonyl (C=O) groups is 1. The first-order valence-electron chi connectivity index (χ1n) is 3.19. The van der Waals surface area contributed by atoms with E-state index in [2.05, 4.69) is 22.2 Å². The number of hydrogen-bond donors (Lipinski definition) is 3. The Labute approximate surface area is 72.6 Å². The van der Waals surface area contributed by atoms with Crippen molar-refractivity contribution in [2.45, 2.75) is 6.42 Å². The van der Waals surface area contributed by atoms with Gasteiger partial charge in [0.05, 0.1) is 6.42 Å². The Hall–Kier alpha value is -1.43. The van der Waals surface area contributed by atoms with Crippen molar-refractivity contribution in [1.82, 2.24) is 9.97 Å². The van der Waals surface area contributed by atoms with Crippen LogP contribution in [0.4, 0.5) is 0 Å². The average Bonchev–Trinajstić information content (AvgIpc) is 1.81. The lowest BCUT2D eigenvalue weighted by molar-refractivity contribution is -0.117. The van der Waals surface area contributed by atoms with Crippen molar-refractivity contribution in [2.24, 2.45) is 5.73 Å². The molecule has 0 aliphatic rings. The van der Waals surface area contributed by atoms with Crippen LogP contribution in [0.3, 0.4) is 0 Å². The number of aromatic nitrogens is 2. The predicted molar refractivity (Wildman–Crippen MR) is 45.1 cm³/mol. The van der Waals surface area contributed by atoms with E-state index in [9.17, 15) is 9.59 Å². The lowest BCUT2D eigenvalue weighted by atomic mass is 10.3. The average molecular weight is 185 g/mol. The SMILES string of the molecule is NC(=O)Cc1cc(=O)[nH]c(=S)[nH]1. The highest BCUT2D eigenvalue weighted by Gasteiger charge is 1.98. The third-order valence-corrected chi connectivity index (χ3v) is 1.38. The number of hydrogen-bond acceptors (Lipinski definition) is 3. The van der Waals surface area contributed by atoms with Gasteiger partial charge in [-0.1, -0.05) is 0 Å². The maximum absolute atomic E-state index is 10.8. The Morgan fingerprint density at radius 2 is 2.25 bits per heavy atom. The van der Waals surface area contributed by atoms with E-state index in [0.29, 0.717) is 5.69 Å². The minimum absolute atomic E-state index is 0.00639. The standard InChI is InChI=1S/C6H7N3O2S/c7-4(10)1-3-2-5(11)9-6(12)8-3/h2H,1H2,(H2,7,10)(H2,8,9,11,12). The van der Waals surface area contributed by atoms with Crippen molar-refractivity contribution in [3.8, 4) is 0 Å². The predicted octanol–water partition coefficient (Wildman–Crippen LogP) is -0.540. The second kappa shape index (κ2) is 3.31. The number of carbonyl (C=O) groups excluding carboxylic acids is 1. The Balaban J connectivity index is 3.09. The first kappa shape index (κ1) is 8.66. The third-order valence-electron chi connectivity index (χ3n) is 1.18. The molecular formula is C6H7N3O2S. The minimum Gasteiger partial charge on any atom is -0.369 e. The van der Waals surface area contributed by atoms with Crippen LogP contribution in [0.2, 0.25) is 0 Å². The van der Waals surface area contributed by atoms with Gasteiger partial charge in [-0.2, -0.15) is 0 Å². The molecule has 1 aromatic heterocycles. The van der Waals surface area contributed by atoms with Gasteiger partial charge in [0.25, 0.3) is 5.56 Å². The molecular weight excluding hydrogens is 178 g/mol. The number of nitrogens with one attached hydrogen (secondary N) is 2. The second-order valence-corrected chi connectivity index (χ2v) is 2.66. The maximum atomic E-state index is 10.8. The van der Waals surface area contributed by atoms with Crippen molar-refractivity contribution in [3.63, 3.8) is 0 Å². The fourth-order valence-electron chi connectivity index (χ4n) is 0.802. The fourth-order valence-corrected chi connectivity index (χ4v) is 1.03. The van der Waals surface area contributed by atoms with Gasteiger partial charge in [-0.25, -0.2) is 0 Å². The molecule has 1 heterocycles. The van der Waals surface area contributed by atoms with Crippen molar-refractivity contribution >= 4 is 18.1 Å². The molecule has 0 fully saturated rings. The van der Waals surface area contributed by atoms with E-state index in [1.807, 2.05) is 0 Å². The summed E-state index contributed by atoms with van der Waals surface area (Å²) in [6, 6.07) is 1.25. The van der Waals surface area contributed by atoms with Gasteiger partial charge in [-0.15, -0.1) is 0 Å². The highest BCUT2D eigenvalue weighted by atomic mass is 32.1. The molecule has 0 spiro atoms. The van der Waals surface area contributed by atoms with Crippen molar-refractivity contribution in [3.05, 3.63) is 26.9 Å². The second-order valence-electron chi connectivity index (χ2n) is 2.26. The highest BCUT2D eigenvalue weighted by Crippen LogP contribution is 1.88. The van der Waals surface area contributed by atoms with Gasteiger partial charge >= 0.3 is 0 Å². The summed E-state index contributed by atoms with van der Waals surface area (Å²) in [6.07, 6.45) is -0.00639. The monoisotopic (exact) mass is 185 g/mol. The van der Waals surface area contributed by atoms with Gasteiger partial charge in [0.15, 0.2) is 4.77 Å². The first-order chi connectivity index (χ1) is 5.58. The van der Waals surface area contributed by atoms with Gasteiger partial charge < -0.3 is 10.7 Å². The third kappa shape index (κ3) is 2.31. The van der Waals surface area contributed by atoms with Crippen molar-refractivity contribution < 1.29 is 4.79 Å². The topological polar surface area (TPSA) is 91.7 Å². The van der Waals surface area contributed by atoms with E-state index < -0.39 is 5.91 Å². The van der Waals surface area contributed by atoms with Crippen LogP contribution < -0.4 is 11.3 Å². The normalized spacial score (nSPS) is 9.67. The summed E-state index contributed by atoms with van der Waals surface area (Å²) in [5.74, 6) is -0.508. The van der Waals surface area contributed by atoms with E-state index in [0.717, 1.165) is 0 Å². The minimum atomic E-state index is -0.508. The molecule has 0 atom stereocenters. The Bertz CT molecular complexity index is 377. The molecule has 1 aromatic rings. The molecule has 1 rings (SSSR count). The van der Waals surface area contributed by atoms with Crippen LogP contribution in [0, 0.1) is 4.77 Å². The number of nitrogens with two attached hydrogens (primary N) is 1. The van der Waals surface area contributed by atoms with E-state index in [1.165, 1.54) is 6.07 Å². The van der Waals surface area contributed by atoms with Crippen LogP contribution in [-0.4, -0.2) is 15.9 Å². The smallest absolute Gasteiger partial charge is 0.251 e. The Morgan fingerprint density at radius 3 is 2.75 bits per heavy atom. The maximum Gasteiger partial charge on any atom is 0.251 e. The number of amides is 1. The molecule has 5 nitrogen and oxygen atoms in total. The zero-order chi connectivity index (χ0) is 9.14. The number of H-pyrrole nitrogens is 2. The number of aromatic amines is 2. The highest BCUT2D eigenvalue weighted by molar-refractivity contribution is 7.71. The quantitative estimate of drug-likeness (QED) is 0.540. The van der Waals surface area contributed by atoms with Crippen molar-refractivity contribution in [2.75, 3.05) is 0 Å². The van der Waals surface area contributed by atoms with Crippen LogP contribution in [0.25, 0.3) is 0 Å². The molecule has 0 aliphatic carbocycles. The summed E-state index contributed by atoms with van der Waals surface area (Å²) in [7, 11) is 0. The zero-order valence-electron chi connectivity index (χ0n) is 6.09. The molecule has 1 amide bonds.